The Labute approximate surface area is 173 Å². The lowest BCUT2D eigenvalue weighted by Crippen LogP contribution is -2.35. The highest BCUT2D eigenvalue weighted by Crippen LogP contribution is 2.30. The van der Waals surface area contributed by atoms with Crippen molar-refractivity contribution in [2.45, 2.75) is 37.5 Å². The predicted molar refractivity (Wildman–Crippen MR) is 117 cm³/mol. The van der Waals surface area contributed by atoms with Crippen molar-refractivity contribution >= 4 is 27.3 Å². The molecule has 3 rings (SSSR count). The molecule has 0 spiro atoms. The monoisotopic (exact) mass is 415 g/mol. The smallest absolute Gasteiger partial charge is 0.255 e. The van der Waals surface area contributed by atoms with E-state index in [4.69, 9.17) is 0 Å². The summed E-state index contributed by atoms with van der Waals surface area (Å²) in [4.78, 5) is 14.8. The maximum absolute atomic E-state index is 13.0. The molecule has 7 heteroatoms. The van der Waals surface area contributed by atoms with Crippen molar-refractivity contribution in [3.8, 4) is 0 Å². The number of carbonyl (C=O) groups is 1. The van der Waals surface area contributed by atoms with Crippen molar-refractivity contribution in [3.05, 3.63) is 53.6 Å². The molecule has 1 N–H and O–H groups in total. The third-order valence-electron chi connectivity index (χ3n) is 5.28. The van der Waals surface area contributed by atoms with Crippen LogP contribution in [-0.2, 0) is 16.4 Å². The maximum Gasteiger partial charge on any atom is 0.255 e. The third kappa shape index (κ3) is 4.79. The zero-order valence-corrected chi connectivity index (χ0v) is 18.1. The van der Waals surface area contributed by atoms with Gasteiger partial charge >= 0.3 is 0 Å². The van der Waals surface area contributed by atoms with Gasteiger partial charge in [-0.3, -0.25) is 4.79 Å². The molecule has 1 saturated heterocycles. The van der Waals surface area contributed by atoms with Crippen LogP contribution in [0.1, 0.15) is 42.1 Å². The lowest BCUT2D eigenvalue weighted by molar-refractivity contribution is 0.102. The summed E-state index contributed by atoms with van der Waals surface area (Å²) in [6, 6.07) is 12.4. The summed E-state index contributed by atoms with van der Waals surface area (Å²) in [5.41, 5.74) is 2.93. The van der Waals surface area contributed by atoms with Crippen LogP contribution in [0.4, 0.5) is 11.4 Å². The first kappa shape index (κ1) is 21.3. The molecule has 1 amide bonds. The van der Waals surface area contributed by atoms with Gasteiger partial charge in [-0.1, -0.05) is 25.5 Å². The Morgan fingerprint density at radius 1 is 1.03 bits per heavy atom. The minimum Gasteiger partial charge on any atom is -0.376 e. The van der Waals surface area contributed by atoms with Crippen LogP contribution in [0.15, 0.2) is 47.4 Å². The van der Waals surface area contributed by atoms with Crippen LogP contribution in [0.5, 0.6) is 0 Å². The lowest BCUT2D eigenvalue weighted by atomic mass is 10.1. The molecule has 1 aliphatic heterocycles. The molecule has 0 atom stereocenters. The largest absolute Gasteiger partial charge is 0.376 e. The summed E-state index contributed by atoms with van der Waals surface area (Å²) in [5, 5.41) is 2.90. The predicted octanol–water partition coefficient (Wildman–Crippen LogP) is 3.74. The Bertz CT molecular complexity index is 963. The van der Waals surface area contributed by atoms with Crippen LogP contribution in [0.25, 0.3) is 0 Å². The summed E-state index contributed by atoms with van der Waals surface area (Å²) >= 11 is 0. The zero-order valence-electron chi connectivity index (χ0n) is 17.3. The average Bonchev–Trinajstić information content (AvgIpc) is 2.74. The molecule has 2 aromatic carbocycles. The normalized spacial score (nSPS) is 15.1. The van der Waals surface area contributed by atoms with Crippen LogP contribution in [0.3, 0.4) is 0 Å². The molecule has 29 heavy (non-hydrogen) atoms. The minimum atomic E-state index is -3.57. The zero-order chi connectivity index (χ0) is 21.0. The van der Waals surface area contributed by atoms with Crippen LogP contribution in [0, 0.1) is 0 Å². The molecule has 1 heterocycles. The molecule has 0 aromatic heterocycles. The molecule has 156 valence electrons. The van der Waals surface area contributed by atoms with Crippen LogP contribution < -0.4 is 10.2 Å². The van der Waals surface area contributed by atoms with E-state index in [-0.39, 0.29) is 10.8 Å². The Morgan fingerprint density at radius 3 is 2.28 bits per heavy atom. The van der Waals surface area contributed by atoms with Gasteiger partial charge in [0, 0.05) is 32.7 Å². The second-order valence-corrected chi connectivity index (χ2v) is 9.48. The van der Waals surface area contributed by atoms with Gasteiger partial charge in [-0.05, 0) is 55.2 Å². The number of rotatable bonds is 6. The molecule has 0 radical (unpaired) electrons. The standard InChI is InChI=1S/C22H29N3O3S/c1-4-17-8-10-18(11-9-17)22(26)23-20-16-19(12-13-21(20)24(2)3)29(27,28)25-14-6-5-7-15-25/h8-13,16H,4-7,14-15H2,1-3H3,(H,23,26). The van der Waals surface area contributed by atoms with Crippen LogP contribution >= 0.6 is 0 Å². The van der Waals surface area contributed by atoms with E-state index < -0.39 is 10.0 Å². The summed E-state index contributed by atoms with van der Waals surface area (Å²) in [6.45, 7) is 3.15. The van der Waals surface area contributed by atoms with Gasteiger partial charge in [0.2, 0.25) is 10.0 Å². The average molecular weight is 416 g/mol. The van der Waals surface area contributed by atoms with E-state index >= 15 is 0 Å². The van der Waals surface area contributed by atoms with E-state index in [1.54, 1.807) is 30.3 Å². The SMILES string of the molecule is CCc1ccc(C(=O)Nc2cc(S(=O)(=O)N3CCCCC3)ccc2N(C)C)cc1. The van der Waals surface area contributed by atoms with Gasteiger partial charge in [0.15, 0.2) is 0 Å². The number of aryl methyl sites for hydroxylation is 1. The highest BCUT2D eigenvalue weighted by Gasteiger charge is 2.27. The quantitative estimate of drug-likeness (QED) is 0.780. The van der Waals surface area contributed by atoms with E-state index in [1.165, 1.54) is 4.31 Å². The second-order valence-electron chi connectivity index (χ2n) is 7.54. The number of sulfonamides is 1. The number of anilines is 2. The van der Waals surface area contributed by atoms with Gasteiger partial charge in [0.1, 0.15) is 0 Å². The molecule has 0 bridgehead atoms. The molecule has 1 fully saturated rings. The molecule has 0 aliphatic carbocycles. The minimum absolute atomic E-state index is 0.210. The number of piperidine rings is 1. The Balaban J connectivity index is 1.91. The van der Waals surface area contributed by atoms with Crippen molar-refractivity contribution in [2.24, 2.45) is 0 Å². The van der Waals surface area contributed by atoms with Gasteiger partial charge in [0.25, 0.3) is 5.91 Å². The Hall–Kier alpha value is -2.38. The van der Waals surface area contributed by atoms with E-state index in [0.29, 0.717) is 24.3 Å². The summed E-state index contributed by atoms with van der Waals surface area (Å²) in [7, 11) is 0.149. The number of carbonyl (C=O) groups excluding carboxylic acids is 1. The number of nitrogens with one attached hydrogen (secondary N) is 1. The molecule has 1 aliphatic rings. The van der Waals surface area contributed by atoms with Crippen molar-refractivity contribution in [1.29, 1.82) is 0 Å². The van der Waals surface area contributed by atoms with E-state index in [0.717, 1.165) is 36.9 Å². The topological polar surface area (TPSA) is 69.7 Å². The van der Waals surface area contributed by atoms with Gasteiger partial charge < -0.3 is 10.2 Å². The molecular weight excluding hydrogens is 386 g/mol. The highest BCUT2D eigenvalue weighted by molar-refractivity contribution is 7.89. The summed E-state index contributed by atoms with van der Waals surface area (Å²) in [6.07, 6.45) is 3.73. The molecule has 6 nitrogen and oxygen atoms in total. The number of nitrogens with zero attached hydrogens (tertiary/aromatic N) is 2. The van der Waals surface area contributed by atoms with Gasteiger partial charge in [-0.25, -0.2) is 8.42 Å². The molecular formula is C22H29N3O3S. The first-order valence-corrected chi connectivity index (χ1v) is 11.5. The number of amides is 1. The molecule has 0 unspecified atom stereocenters. The van der Waals surface area contributed by atoms with Crippen molar-refractivity contribution in [2.75, 3.05) is 37.4 Å². The summed E-state index contributed by atoms with van der Waals surface area (Å²) in [5.74, 6) is -0.261. The number of hydrogen-bond acceptors (Lipinski definition) is 4. The fourth-order valence-corrected chi connectivity index (χ4v) is 5.05. The molecule has 0 saturated carbocycles. The highest BCUT2D eigenvalue weighted by atomic mass is 32.2. The third-order valence-corrected chi connectivity index (χ3v) is 7.17. The first-order valence-electron chi connectivity index (χ1n) is 10.0. The van der Waals surface area contributed by atoms with Gasteiger partial charge in [-0.15, -0.1) is 0 Å². The van der Waals surface area contributed by atoms with Gasteiger partial charge in [0.05, 0.1) is 16.3 Å². The van der Waals surface area contributed by atoms with E-state index in [9.17, 15) is 13.2 Å². The lowest BCUT2D eigenvalue weighted by Gasteiger charge is -2.26. The Kier molecular flexibility index (Phi) is 6.59. The summed E-state index contributed by atoms with van der Waals surface area (Å²) < 4.78 is 27.6. The maximum atomic E-state index is 13.0. The van der Waals surface area contributed by atoms with Crippen molar-refractivity contribution < 1.29 is 13.2 Å². The fraction of sp³-hybridized carbons (Fsp3) is 0.409. The van der Waals surface area contributed by atoms with E-state index in [1.807, 2.05) is 31.1 Å². The van der Waals surface area contributed by atoms with Crippen molar-refractivity contribution in [3.63, 3.8) is 0 Å². The van der Waals surface area contributed by atoms with Crippen LogP contribution in [-0.4, -0.2) is 45.8 Å². The van der Waals surface area contributed by atoms with Crippen molar-refractivity contribution in [1.82, 2.24) is 4.31 Å². The number of benzene rings is 2. The first-order chi connectivity index (χ1) is 13.8. The Morgan fingerprint density at radius 2 is 1.69 bits per heavy atom. The number of hydrogen-bond donors (Lipinski definition) is 1. The second kappa shape index (κ2) is 8.97. The van der Waals surface area contributed by atoms with E-state index in [2.05, 4.69) is 12.2 Å². The molecule has 2 aromatic rings. The van der Waals surface area contributed by atoms with Crippen LogP contribution in [0.2, 0.25) is 0 Å². The fourth-order valence-electron chi connectivity index (χ4n) is 3.51. The van der Waals surface area contributed by atoms with Gasteiger partial charge in [-0.2, -0.15) is 4.31 Å².